The zero-order valence-corrected chi connectivity index (χ0v) is 13.3. The maximum Gasteiger partial charge on any atom is 0.266 e. The lowest BCUT2D eigenvalue weighted by Gasteiger charge is -2.04. The second-order valence-corrected chi connectivity index (χ2v) is 5.50. The first-order valence-corrected chi connectivity index (χ1v) is 7.24. The van der Waals surface area contributed by atoms with Gasteiger partial charge in [0.2, 0.25) is 0 Å². The number of nitrogens with one attached hydrogen (secondary N) is 1. The number of halogens is 2. The predicted octanol–water partition coefficient (Wildman–Crippen LogP) is 3.68. The van der Waals surface area contributed by atoms with Crippen molar-refractivity contribution in [3.63, 3.8) is 0 Å². The lowest BCUT2D eigenvalue weighted by Crippen LogP contribution is -2.13. The molecule has 110 valence electrons. The van der Waals surface area contributed by atoms with E-state index in [0.717, 1.165) is 0 Å². The van der Waals surface area contributed by atoms with Gasteiger partial charge in [-0.05, 0) is 70.6 Å². The fourth-order valence-corrected chi connectivity index (χ4v) is 2.20. The fraction of sp³-hybridized carbons (Fsp3) is 0. The average molecular weight is 408 g/mol. The van der Waals surface area contributed by atoms with Crippen LogP contribution in [0, 0.1) is 20.7 Å². The molecule has 22 heavy (non-hydrogen) atoms. The van der Waals surface area contributed by atoms with Gasteiger partial charge in [-0.2, -0.15) is 5.26 Å². The van der Waals surface area contributed by atoms with Crippen LogP contribution in [0.25, 0.3) is 6.08 Å². The Kier molecular flexibility index (Phi) is 5.12. The minimum atomic E-state index is -0.586. The molecule has 1 amide bonds. The summed E-state index contributed by atoms with van der Waals surface area (Å²) in [7, 11) is 0. The highest BCUT2D eigenvalue weighted by Crippen LogP contribution is 2.21. The van der Waals surface area contributed by atoms with E-state index in [1.807, 2.05) is 28.7 Å². The summed E-state index contributed by atoms with van der Waals surface area (Å²) in [4.78, 5) is 12.0. The summed E-state index contributed by atoms with van der Waals surface area (Å²) in [5.41, 5.74) is 0.923. The van der Waals surface area contributed by atoms with Gasteiger partial charge in [0.25, 0.3) is 5.91 Å². The van der Waals surface area contributed by atoms with E-state index in [1.54, 1.807) is 12.1 Å². The average Bonchev–Trinajstić information content (AvgIpc) is 2.50. The molecule has 4 nitrogen and oxygen atoms in total. The van der Waals surface area contributed by atoms with E-state index >= 15 is 0 Å². The molecule has 2 aromatic carbocycles. The predicted molar refractivity (Wildman–Crippen MR) is 89.4 cm³/mol. The number of anilines is 1. The van der Waals surface area contributed by atoms with Crippen molar-refractivity contribution in [1.82, 2.24) is 0 Å². The van der Waals surface area contributed by atoms with Crippen LogP contribution in [-0.2, 0) is 4.79 Å². The largest absolute Gasteiger partial charge is 0.507 e. The van der Waals surface area contributed by atoms with E-state index in [0.29, 0.717) is 14.8 Å². The molecule has 2 aromatic rings. The van der Waals surface area contributed by atoms with Crippen LogP contribution in [0.4, 0.5) is 10.1 Å². The Morgan fingerprint density at radius 3 is 2.55 bits per heavy atom. The number of phenolic OH excluding ortho intramolecular Hbond substituents is 1. The third-order valence-electron chi connectivity index (χ3n) is 2.75. The summed E-state index contributed by atoms with van der Waals surface area (Å²) in [5, 5.41) is 21.1. The number of hydrogen-bond donors (Lipinski definition) is 2. The highest BCUT2D eigenvalue weighted by atomic mass is 127. The molecule has 0 bridgehead atoms. The molecule has 0 radical (unpaired) electrons. The SMILES string of the molecule is N#C/C(=C/c1ccc(O)c(I)c1)C(=O)Nc1ccc(F)cc1. The standard InChI is InChI=1S/C16H10FIN2O2/c17-12-2-4-13(5-3-12)20-16(22)11(9-19)7-10-1-6-15(21)14(18)8-10/h1-8,21H,(H,20,22)/b11-7-. The van der Waals surface area contributed by atoms with Gasteiger partial charge in [-0.15, -0.1) is 0 Å². The Labute approximate surface area is 140 Å². The molecule has 2 rings (SSSR count). The van der Waals surface area contributed by atoms with Gasteiger partial charge in [0, 0.05) is 5.69 Å². The summed E-state index contributed by atoms with van der Waals surface area (Å²) in [6, 6.07) is 11.8. The summed E-state index contributed by atoms with van der Waals surface area (Å²) in [6.45, 7) is 0. The van der Waals surface area contributed by atoms with Crippen molar-refractivity contribution in [3.05, 3.63) is 63.0 Å². The van der Waals surface area contributed by atoms with E-state index in [4.69, 9.17) is 5.26 Å². The number of carbonyl (C=O) groups excluding carboxylic acids is 1. The quantitative estimate of drug-likeness (QED) is 0.463. The minimum absolute atomic E-state index is 0.0918. The fourth-order valence-electron chi connectivity index (χ4n) is 1.66. The summed E-state index contributed by atoms with van der Waals surface area (Å²) in [6.07, 6.45) is 1.42. The first-order chi connectivity index (χ1) is 10.5. The van der Waals surface area contributed by atoms with Crippen LogP contribution in [0.3, 0.4) is 0 Å². The first kappa shape index (κ1) is 16.0. The molecule has 0 aliphatic heterocycles. The van der Waals surface area contributed by atoms with Crippen LogP contribution >= 0.6 is 22.6 Å². The summed E-state index contributed by atoms with van der Waals surface area (Å²) < 4.78 is 13.4. The van der Waals surface area contributed by atoms with E-state index < -0.39 is 11.7 Å². The van der Waals surface area contributed by atoms with Crippen LogP contribution < -0.4 is 5.32 Å². The topological polar surface area (TPSA) is 73.1 Å². The molecule has 0 heterocycles. The van der Waals surface area contributed by atoms with Gasteiger partial charge in [-0.1, -0.05) is 6.07 Å². The molecule has 6 heteroatoms. The second-order valence-electron chi connectivity index (χ2n) is 4.34. The Morgan fingerprint density at radius 1 is 1.27 bits per heavy atom. The molecule has 0 unspecified atom stereocenters. The van der Waals surface area contributed by atoms with Gasteiger partial charge in [0.1, 0.15) is 23.2 Å². The molecular formula is C16H10FIN2O2. The maximum atomic E-state index is 12.8. The Morgan fingerprint density at radius 2 is 1.95 bits per heavy atom. The molecule has 2 N–H and O–H groups in total. The number of benzene rings is 2. The van der Waals surface area contributed by atoms with Crippen LogP contribution in [0.15, 0.2) is 48.0 Å². The van der Waals surface area contributed by atoms with Crippen molar-refractivity contribution < 1.29 is 14.3 Å². The van der Waals surface area contributed by atoms with Crippen LogP contribution in [0.1, 0.15) is 5.56 Å². The van der Waals surface area contributed by atoms with Crippen molar-refractivity contribution in [2.24, 2.45) is 0 Å². The van der Waals surface area contributed by atoms with Crippen molar-refractivity contribution in [3.8, 4) is 11.8 Å². The Bertz CT molecular complexity index is 780. The number of nitrogens with zero attached hydrogens (tertiary/aromatic N) is 1. The van der Waals surface area contributed by atoms with E-state index in [2.05, 4.69) is 5.32 Å². The number of amides is 1. The van der Waals surface area contributed by atoms with Gasteiger partial charge in [0.05, 0.1) is 3.57 Å². The second kappa shape index (κ2) is 7.04. The lowest BCUT2D eigenvalue weighted by atomic mass is 10.1. The lowest BCUT2D eigenvalue weighted by molar-refractivity contribution is -0.112. The number of hydrogen-bond acceptors (Lipinski definition) is 3. The number of phenols is 1. The van der Waals surface area contributed by atoms with E-state index in [-0.39, 0.29) is 11.3 Å². The van der Waals surface area contributed by atoms with Crippen molar-refractivity contribution in [1.29, 1.82) is 5.26 Å². The van der Waals surface area contributed by atoms with E-state index in [9.17, 15) is 14.3 Å². The molecule has 0 fully saturated rings. The Balaban J connectivity index is 2.21. The monoisotopic (exact) mass is 408 g/mol. The zero-order chi connectivity index (χ0) is 16.1. The van der Waals surface area contributed by atoms with Crippen molar-refractivity contribution in [2.45, 2.75) is 0 Å². The molecular weight excluding hydrogens is 398 g/mol. The maximum absolute atomic E-state index is 12.8. The van der Waals surface area contributed by atoms with Gasteiger partial charge < -0.3 is 10.4 Å². The molecule has 0 atom stereocenters. The molecule has 0 saturated heterocycles. The normalized spacial score (nSPS) is 10.9. The Hall–Kier alpha value is -2.40. The van der Waals surface area contributed by atoms with Gasteiger partial charge in [-0.3, -0.25) is 4.79 Å². The number of carbonyl (C=O) groups is 1. The third-order valence-corrected chi connectivity index (χ3v) is 3.61. The minimum Gasteiger partial charge on any atom is -0.507 e. The molecule has 0 aromatic heterocycles. The highest BCUT2D eigenvalue weighted by molar-refractivity contribution is 14.1. The summed E-state index contributed by atoms with van der Waals surface area (Å²) >= 11 is 1.95. The van der Waals surface area contributed by atoms with Gasteiger partial charge in [-0.25, -0.2) is 4.39 Å². The molecule has 0 aliphatic rings. The van der Waals surface area contributed by atoms with Gasteiger partial charge >= 0.3 is 0 Å². The summed E-state index contributed by atoms with van der Waals surface area (Å²) in [5.74, 6) is -0.864. The van der Waals surface area contributed by atoms with Crippen molar-refractivity contribution in [2.75, 3.05) is 5.32 Å². The van der Waals surface area contributed by atoms with Crippen LogP contribution in [0.5, 0.6) is 5.75 Å². The molecule has 0 aliphatic carbocycles. The van der Waals surface area contributed by atoms with E-state index in [1.165, 1.54) is 36.4 Å². The smallest absolute Gasteiger partial charge is 0.266 e. The van der Waals surface area contributed by atoms with Crippen LogP contribution in [0.2, 0.25) is 0 Å². The first-order valence-electron chi connectivity index (χ1n) is 6.17. The molecule has 0 saturated carbocycles. The highest BCUT2D eigenvalue weighted by Gasteiger charge is 2.10. The van der Waals surface area contributed by atoms with Crippen LogP contribution in [-0.4, -0.2) is 11.0 Å². The number of aromatic hydroxyl groups is 1. The van der Waals surface area contributed by atoms with Gasteiger partial charge in [0.15, 0.2) is 0 Å². The molecule has 0 spiro atoms. The van der Waals surface area contributed by atoms with Crippen molar-refractivity contribution >= 4 is 40.3 Å². The third kappa shape index (κ3) is 4.05. The number of nitriles is 1. The number of rotatable bonds is 3. The zero-order valence-electron chi connectivity index (χ0n) is 11.2.